The molecule has 3 nitrogen and oxygen atoms in total. The molecular formula is C19H18FIN2O. The van der Waals surface area contributed by atoms with E-state index >= 15 is 0 Å². The van der Waals surface area contributed by atoms with Gasteiger partial charge in [0.25, 0.3) is 5.56 Å². The summed E-state index contributed by atoms with van der Waals surface area (Å²) in [7, 11) is 0. The first-order valence-electron chi connectivity index (χ1n) is 8.00. The average molecular weight is 436 g/mol. The molecule has 0 atom stereocenters. The van der Waals surface area contributed by atoms with Gasteiger partial charge in [0.1, 0.15) is 5.82 Å². The summed E-state index contributed by atoms with van der Waals surface area (Å²) >= 11 is 2.08. The van der Waals surface area contributed by atoms with Crippen LogP contribution < -0.4 is 5.56 Å². The van der Waals surface area contributed by atoms with Crippen LogP contribution in [-0.2, 0) is 13.0 Å². The van der Waals surface area contributed by atoms with Crippen LogP contribution in [0.1, 0.15) is 30.9 Å². The Kier molecular flexibility index (Phi) is 5.28. The molecule has 0 spiro atoms. The molecule has 0 N–H and O–H groups in total. The van der Waals surface area contributed by atoms with Crippen LogP contribution in [-0.4, -0.2) is 9.55 Å². The lowest BCUT2D eigenvalue weighted by Crippen LogP contribution is -2.20. The van der Waals surface area contributed by atoms with Gasteiger partial charge in [-0.05, 0) is 58.3 Å². The van der Waals surface area contributed by atoms with Crippen molar-refractivity contribution in [1.82, 2.24) is 9.55 Å². The predicted octanol–water partition coefficient (Wildman–Crippen LogP) is 4.53. The van der Waals surface area contributed by atoms with Crippen molar-refractivity contribution < 1.29 is 4.39 Å². The predicted molar refractivity (Wildman–Crippen MR) is 103 cm³/mol. The van der Waals surface area contributed by atoms with E-state index < -0.39 is 0 Å². The number of halogens is 2. The Labute approximate surface area is 153 Å². The van der Waals surface area contributed by atoms with Crippen LogP contribution >= 0.6 is 22.6 Å². The standard InChI is InChI=1S/C19H18FIN2O/c1-2-3-7-23-8-6-14-11-22-12-15(18(14)19(23)24)9-13-4-5-16(21)10-17(13)20/h4-6,8,10-12H,2-3,7,9H2,1H3. The largest absolute Gasteiger partial charge is 0.315 e. The van der Waals surface area contributed by atoms with E-state index in [9.17, 15) is 9.18 Å². The molecule has 0 bridgehead atoms. The Morgan fingerprint density at radius 1 is 1.21 bits per heavy atom. The van der Waals surface area contributed by atoms with Crippen LogP contribution in [0.3, 0.4) is 0 Å². The second-order valence-corrected chi connectivity index (χ2v) is 7.09. The van der Waals surface area contributed by atoms with Crippen molar-refractivity contribution in [2.75, 3.05) is 0 Å². The minimum atomic E-state index is -0.249. The lowest BCUT2D eigenvalue weighted by molar-refractivity contribution is 0.612. The van der Waals surface area contributed by atoms with Crippen molar-refractivity contribution in [3.8, 4) is 0 Å². The van der Waals surface area contributed by atoms with Crippen molar-refractivity contribution >= 4 is 33.4 Å². The third-order valence-electron chi connectivity index (χ3n) is 4.11. The first kappa shape index (κ1) is 17.1. The molecule has 0 aliphatic heterocycles. The van der Waals surface area contributed by atoms with Gasteiger partial charge in [0.2, 0.25) is 0 Å². The summed E-state index contributed by atoms with van der Waals surface area (Å²) in [5.41, 5.74) is 1.32. The quantitative estimate of drug-likeness (QED) is 0.551. The highest BCUT2D eigenvalue weighted by Gasteiger charge is 2.11. The Balaban J connectivity index is 2.08. The molecule has 2 heterocycles. The van der Waals surface area contributed by atoms with E-state index in [4.69, 9.17) is 0 Å². The summed E-state index contributed by atoms with van der Waals surface area (Å²) in [4.78, 5) is 17.0. The molecule has 0 saturated heterocycles. The molecule has 0 fully saturated rings. The maximum Gasteiger partial charge on any atom is 0.258 e. The maximum atomic E-state index is 14.2. The van der Waals surface area contributed by atoms with Crippen LogP contribution in [0.4, 0.5) is 4.39 Å². The van der Waals surface area contributed by atoms with E-state index in [0.717, 1.165) is 27.4 Å². The van der Waals surface area contributed by atoms with Crippen LogP contribution in [0.5, 0.6) is 0 Å². The molecule has 3 aromatic rings. The third kappa shape index (κ3) is 3.50. The van der Waals surface area contributed by atoms with Crippen molar-refractivity contribution in [3.05, 3.63) is 73.7 Å². The van der Waals surface area contributed by atoms with Crippen LogP contribution in [0, 0.1) is 9.39 Å². The van der Waals surface area contributed by atoms with E-state index in [1.807, 2.05) is 18.3 Å². The van der Waals surface area contributed by atoms with Crippen LogP contribution in [0.15, 0.2) is 47.7 Å². The zero-order valence-electron chi connectivity index (χ0n) is 13.4. The molecule has 24 heavy (non-hydrogen) atoms. The van der Waals surface area contributed by atoms with Gasteiger partial charge in [-0.15, -0.1) is 0 Å². The number of hydrogen-bond acceptors (Lipinski definition) is 2. The van der Waals surface area contributed by atoms with Crippen molar-refractivity contribution in [2.24, 2.45) is 0 Å². The number of benzene rings is 1. The first-order chi connectivity index (χ1) is 11.6. The fourth-order valence-corrected chi connectivity index (χ4v) is 3.25. The Bertz CT molecular complexity index is 936. The number of fused-ring (bicyclic) bond motifs is 1. The number of aromatic nitrogens is 2. The maximum absolute atomic E-state index is 14.2. The Hall–Kier alpha value is -1.76. The molecule has 124 valence electrons. The summed E-state index contributed by atoms with van der Waals surface area (Å²) in [5.74, 6) is -0.249. The first-order valence-corrected chi connectivity index (χ1v) is 9.08. The zero-order chi connectivity index (χ0) is 17.1. The van der Waals surface area contributed by atoms with E-state index in [2.05, 4.69) is 34.5 Å². The molecule has 0 amide bonds. The molecule has 0 unspecified atom stereocenters. The Morgan fingerprint density at radius 3 is 2.79 bits per heavy atom. The molecular weight excluding hydrogens is 418 g/mol. The molecule has 0 aliphatic rings. The van der Waals surface area contributed by atoms with Crippen molar-refractivity contribution in [2.45, 2.75) is 32.7 Å². The fourth-order valence-electron chi connectivity index (χ4n) is 2.80. The fraction of sp³-hybridized carbons (Fsp3) is 0.263. The lowest BCUT2D eigenvalue weighted by atomic mass is 10.0. The topological polar surface area (TPSA) is 34.9 Å². The van der Waals surface area contributed by atoms with Crippen LogP contribution in [0.25, 0.3) is 10.8 Å². The highest BCUT2D eigenvalue weighted by Crippen LogP contribution is 2.20. The van der Waals surface area contributed by atoms with Gasteiger partial charge >= 0.3 is 0 Å². The second kappa shape index (κ2) is 7.42. The molecule has 1 aromatic carbocycles. The summed E-state index contributed by atoms with van der Waals surface area (Å²) in [5, 5.41) is 1.44. The zero-order valence-corrected chi connectivity index (χ0v) is 15.6. The molecule has 0 aliphatic carbocycles. The molecule has 2 aromatic heterocycles. The van der Waals surface area contributed by atoms with Gasteiger partial charge in [-0.2, -0.15) is 0 Å². The molecule has 0 saturated carbocycles. The van der Waals surface area contributed by atoms with Gasteiger partial charge in [0, 0.05) is 40.5 Å². The van der Waals surface area contributed by atoms with Gasteiger partial charge in [-0.3, -0.25) is 9.78 Å². The third-order valence-corrected chi connectivity index (χ3v) is 4.78. The van der Waals surface area contributed by atoms with Crippen molar-refractivity contribution in [1.29, 1.82) is 0 Å². The Morgan fingerprint density at radius 2 is 2.04 bits per heavy atom. The SMILES string of the molecule is CCCCn1ccc2cncc(Cc3ccc(I)cc3F)c2c1=O. The molecule has 0 radical (unpaired) electrons. The molecule has 5 heteroatoms. The summed E-state index contributed by atoms with van der Waals surface area (Å²) in [6, 6.07) is 7.06. The van der Waals surface area contributed by atoms with Gasteiger partial charge in [0.15, 0.2) is 0 Å². The second-order valence-electron chi connectivity index (χ2n) is 5.84. The summed E-state index contributed by atoms with van der Waals surface area (Å²) in [6.45, 7) is 2.80. The number of rotatable bonds is 5. The van der Waals surface area contributed by atoms with E-state index in [1.165, 1.54) is 6.07 Å². The number of nitrogens with zero attached hydrogens (tertiary/aromatic N) is 2. The highest BCUT2D eigenvalue weighted by atomic mass is 127. The normalized spacial score (nSPS) is 11.1. The smallest absolute Gasteiger partial charge is 0.258 e. The summed E-state index contributed by atoms with van der Waals surface area (Å²) in [6.07, 6.45) is 7.52. The van der Waals surface area contributed by atoms with Gasteiger partial charge in [-0.25, -0.2) is 4.39 Å². The van der Waals surface area contributed by atoms with E-state index in [1.54, 1.807) is 23.0 Å². The number of pyridine rings is 2. The van der Waals surface area contributed by atoms with Crippen molar-refractivity contribution in [3.63, 3.8) is 0 Å². The van der Waals surface area contributed by atoms with Gasteiger partial charge in [0.05, 0.1) is 5.39 Å². The molecule has 3 rings (SSSR count). The average Bonchev–Trinajstić information content (AvgIpc) is 2.57. The van der Waals surface area contributed by atoms with Crippen LogP contribution in [0.2, 0.25) is 0 Å². The van der Waals surface area contributed by atoms with Gasteiger partial charge in [-0.1, -0.05) is 19.4 Å². The van der Waals surface area contributed by atoms with Gasteiger partial charge < -0.3 is 4.57 Å². The van der Waals surface area contributed by atoms with E-state index in [-0.39, 0.29) is 11.4 Å². The summed E-state index contributed by atoms with van der Waals surface area (Å²) < 4.78 is 16.8. The highest BCUT2D eigenvalue weighted by molar-refractivity contribution is 14.1. The number of unbranched alkanes of at least 4 members (excludes halogenated alkanes) is 1. The minimum Gasteiger partial charge on any atom is -0.315 e. The van der Waals surface area contributed by atoms with E-state index in [0.29, 0.717) is 23.9 Å². The minimum absolute atomic E-state index is 0.0238. The monoisotopic (exact) mass is 436 g/mol. The number of hydrogen-bond donors (Lipinski definition) is 0. The number of aryl methyl sites for hydroxylation is 1. The lowest BCUT2D eigenvalue weighted by Gasteiger charge is -2.10.